The van der Waals surface area contributed by atoms with Gasteiger partial charge in [-0.25, -0.2) is 0 Å². The minimum absolute atomic E-state index is 0.137. The predicted octanol–water partition coefficient (Wildman–Crippen LogP) is 2.19. The van der Waals surface area contributed by atoms with Crippen molar-refractivity contribution in [3.8, 4) is 0 Å². The zero-order valence-corrected chi connectivity index (χ0v) is 13.8. The highest BCUT2D eigenvalue weighted by molar-refractivity contribution is 5.90. The highest BCUT2D eigenvalue weighted by Crippen LogP contribution is 2.14. The fraction of sp³-hybridized carbons (Fsp3) is 0.611. The molecule has 1 aliphatic rings. The van der Waals surface area contributed by atoms with Crippen molar-refractivity contribution in [2.75, 3.05) is 25.0 Å². The number of piperidine rings is 1. The van der Waals surface area contributed by atoms with E-state index < -0.39 is 0 Å². The van der Waals surface area contributed by atoms with Crippen LogP contribution in [0.2, 0.25) is 0 Å². The van der Waals surface area contributed by atoms with E-state index in [1.165, 1.54) is 30.6 Å². The molecule has 3 nitrogen and oxygen atoms in total. The van der Waals surface area contributed by atoms with Gasteiger partial charge in [0.1, 0.15) is 0 Å². The minimum Gasteiger partial charge on any atom is -0.334 e. The van der Waals surface area contributed by atoms with Gasteiger partial charge in [-0.3, -0.25) is 4.79 Å². The number of aryl methyl sites for hydroxylation is 2. The van der Waals surface area contributed by atoms with Gasteiger partial charge in [0.25, 0.3) is 0 Å². The average molecular weight is 289 g/mol. The Labute approximate surface area is 128 Å². The van der Waals surface area contributed by atoms with Crippen LogP contribution in [0.3, 0.4) is 0 Å². The van der Waals surface area contributed by atoms with Gasteiger partial charge in [0, 0.05) is 17.5 Å². The Bertz CT molecular complexity index is 468. The highest BCUT2D eigenvalue weighted by atomic mass is 16.1. The molecule has 0 bridgehead atoms. The summed E-state index contributed by atoms with van der Waals surface area (Å²) in [6, 6.07) is 6.18. The van der Waals surface area contributed by atoms with Crippen molar-refractivity contribution in [2.45, 2.75) is 40.5 Å². The maximum atomic E-state index is 12.1. The van der Waals surface area contributed by atoms with Crippen molar-refractivity contribution in [3.63, 3.8) is 0 Å². The SMILES string of the molecule is Cc1cc(C)cc(NC(=O)CC[NH+]2CC(C)CC(C)C2)c1. The van der Waals surface area contributed by atoms with Crippen LogP contribution >= 0.6 is 0 Å². The van der Waals surface area contributed by atoms with Crippen molar-refractivity contribution in [1.29, 1.82) is 0 Å². The van der Waals surface area contributed by atoms with Gasteiger partial charge >= 0.3 is 0 Å². The third kappa shape index (κ3) is 5.16. The lowest BCUT2D eigenvalue weighted by molar-refractivity contribution is -0.911. The van der Waals surface area contributed by atoms with Gasteiger partial charge in [-0.15, -0.1) is 0 Å². The van der Waals surface area contributed by atoms with Crippen LogP contribution in [0.4, 0.5) is 5.69 Å². The summed E-state index contributed by atoms with van der Waals surface area (Å²) in [5.74, 6) is 1.70. The van der Waals surface area contributed by atoms with Gasteiger partial charge in [0.15, 0.2) is 0 Å². The summed E-state index contributed by atoms with van der Waals surface area (Å²) < 4.78 is 0. The summed E-state index contributed by atoms with van der Waals surface area (Å²) in [6.07, 6.45) is 1.94. The second-order valence-corrected chi connectivity index (χ2v) is 7.03. The van der Waals surface area contributed by atoms with Crippen LogP contribution < -0.4 is 10.2 Å². The quantitative estimate of drug-likeness (QED) is 0.875. The first-order valence-corrected chi connectivity index (χ1v) is 8.14. The number of carbonyl (C=O) groups excluding carboxylic acids is 1. The molecule has 1 heterocycles. The molecule has 2 N–H and O–H groups in total. The summed E-state index contributed by atoms with van der Waals surface area (Å²) in [5.41, 5.74) is 3.30. The molecule has 1 fully saturated rings. The van der Waals surface area contributed by atoms with E-state index in [0.717, 1.165) is 24.1 Å². The molecule has 0 radical (unpaired) electrons. The smallest absolute Gasteiger partial charge is 0.230 e. The number of rotatable bonds is 4. The first kappa shape index (κ1) is 16.0. The van der Waals surface area contributed by atoms with Crippen LogP contribution in [-0.2, 0) is 4.79 Å². The number of hydrogen-bond acceptors (Lipinski definition) is 1. The first-order chi connectivity index (χ1) is 9.92. The van der Waals surface area contributed by atoms with E-state index in [1.807, 2.05) is 12.1 Å². The Morgan fingerprint density at radius 2 is 1.71 bits per heavy atom. The largest absolute Gasteiger partial charge is 0.334 e. The average Bonchev–Trinajstić information content (AvgIpc) is 2.34. The first-order valence-electron chi connectivity index (χ1n) is 8.14. The van der Waals surface area contributed by atoms with Gasteiger partial charge in [-0.1, -0.05) is 19.9 Å². The number of quaternary nitrogens is 1. The maximum absolute atomic E-state index is 12.1. The number of benzene rings is 1. The lowest BCUT2D eigenvalue weighted by atomic mass is 9.92. The van der Waals surface area contributed by atoms with Crippen molar-refractivity contribution in [1.82, 2.24) is 0 Å². The number of anilines is 1. The molecule has 3 heteroatoms. The van der Waals surface area contributed by atoms with E-state index in [9.17, 15) is 4.79 Å². The molecule has 1 amide bonds. The van der Waals surface area contributed by atoms with Crippen LogP contribution in [-0.4, -0.2) is 25.5 Å². The lowest BCUT2D eigenvalue weighted by Gasteiger charge is -2.31. The second kappa shape index (κ2) is 7.08. The highest BCUT2D eigenvalue weighted by Gasteiger charge is 2.25. The molecular weight excluding hydrogens is 260 g/mol. The number of hydrogen-bond donors (Lipinski definition) is 2. The van der Waals surface area contributed by atoms with Crippen molar-refractivity contribution in [3.05, 3.63) is 29.3 Å². The molecular formula is C18H29N2O+. The van der Waals surface area contributed by atoms with Crippen LogP contribution in [0, 0.1) is 25.7 Å². The molecule has 0 saturated carbocycles. The van der Waals surface area contributed by atoms with E-state index >= 15 is 0 Å². The molecule has 1 aliphatic heterocycles. The standard InChI is InChI=1S/C18H28N2O/c1-13-7-14(2)10-17(9-13)19-18(21)5-6-20-11-15(3)8-16(4)12-20/h7,9-10,15-16H,5-6,8,11-12H2,1-4H3,(H,19,21)/p+1. The Kier molecular flexibility index (Phi) is 5.40. The van der Waals surface area contributed by atoms with Crippen molar-refractivity contribution < 1.29 is 9.69 Å². The Hall–Kier alpha value is -1.35. The maximum Gasteiger partial charge on any atom is 0.230 e. The lowest BCUT2D eigenvalue weighted by Crippen LogP contribution is -3.14. The van der Waals surface area contributed by atoms with Gasteiger partial charge in [0.05, 0.1) is 26.1 Å². The van der Waals surface area contributed by atoms with Crippen LogP contribution in [0.15, 0.2) is 18.2 Å². The van der Waals surface area contributed by atoms with E-state index in [0.29, 0.717) is 6.42 Å². The van der Waals surface area contributed by atoms with Gasteiger partial charge in [-0.2, -0.15) is 0 Å². The van der Waals surface area contributed by atoms with Crippen LogP contribution in [0.25, 0.3) is 0 Å². The Balaban J connectivity index is 1.82. The second-order valence-electron chi connectivity index (χ2n) is 7.03. The van der Waals surface area contributed by atoms with Gasteiger partial charge in [-0.05, 0) is 43.5 Å². The van der Waals surface area contributed by atoms with E-state index in [1.54, 1.807) is 4.90 Å². The number of amides is 1. The summed E-state index contributed by atoms with van der Waals surface area (Å²) in [6.45, 7) is 12.1. The van der Waals surface area contributed by atoms with Crippen molar-refractivity contribution >= 4 is 11.6 Å². The topological polar surface area (TPSA) is 33.5 Å². The molecule has 116 valence electrons. The summed E-state index contributed by atoms with van der Waals surface area (Å²) in [5, 5.41) is 3.03. The number of carbonyl (C=O) groups is 1. The number of likely N-dealkylation sites (tertiary alicyclic amines) is 1. The summed E-state index contributed by atoms with van der Waals surface area (Å²) in [4.78, 5) is 13.7. The van der Waals surface area contributed by atoms with Crippen molar-refractivity contribution in [2.24, 2.45) is 11.8 Å². The molecule has 0 spiro atoms. The fourth-order valence-electron chi connectivity index (χ4n) is 3.69. The number of nitrogens with one attached hydrogen (secondary N) is 2. The van der Waals surface area contributed by atoms with E-state index in [-0.39, 0.29) is 5.91 Å². The monoisotopic (exact) mass is 289 g/mol. The molecule has 21 heavy (non-hydrogen) atoms. The minimum atomic E-state index is 0.137. The molecule has 0 aliphatic carbocycles. The molecule has 1 aromatic carbocycles. The Morgan fingerprint density at radius 1 is 1.14 bits per heavy atom. The van der Waals surface area contributed by atoms with Gasteiger partial charge in [0.2, 0.25) is 5.91 Å². The zero-order chi connectivity index (χ0) is 15.4. The molecule has 1 aromatic rings. The third-order valence-electron chi connectivity index (χ3n) is 4.29. The van der Waals surface area contributed by atoms with Crippen LogP contribution in [0.1, 0.15) is 37.8 Å². The third-order valence-corrected chi connectivity index (χ3v) is 4.29. The normalized spacial score (nSPS) is 25.6. The molecule has 1 saturated heterocycles. The summed E-state index contributed by atoms with van der Waals surface area (Å²) in [7, 11) is 0. The molecule has 2 atom stereocenters. The van der Waals surface area contributed by atoms with E-state index in [2.05, 4.69) is 39.1 Å². The predicted molar refractivity (Wildman–Crippen MR) is 87.7 cm³/mol. The molecule has 2 rings (SSSR count). The molecule has 2 unspecified atom stereocenters. The van der Waals surface area contributed by atoms with Crippen LogP contribution in [0.5, 0.6) is 0 Å². The summed E-state index contributed by atoms with van der Waals surface area (Å²) >= 11 is 0. The van der Waals surface area contributed by atoms with Gasteiger partial charge < -0.3 is 10.2 Å². The molecule has 0 aromatic heterocycles. The Morgan fingerprint density at radius 3 is 2.29 bits per heavy atom. The zero-order valence-electron chi connectivity index (χ0n) is 13.8. The van der Waals surface area contributed by atoms with E-state index in [4.69, 9.17) is 0 Å². The fourth-order valence-corrected chi connectivity index (χ4v) is 3.69.